The first-order valence-corrected chi connectivity index (χ1v) is 14.5. The summed E-state index contributed by atoms with van der Waals surface area (Å²) in [5.74, 6) is -0.899. The lowest BCUT2D eigenvalue weighted by molar-refractivity contribution is -0.139. The van der Waals surface area contributed by atoms with Gasteiger partial charge in [0.1, 0.15) is 12.6 Å². The van der Waals surface area contributed by atoms with Crippen LogP contribution < -0.4 is 9.62 Å². The number of sulfonamides is 1. The fourth-order valence-electron chi connectivity index (χ4n) is 4.40. The molecular weight excluding hydrogens is 546 g/mol. The summed E-state index contributed by atoms with van der Waals surface area (Å²) in [6.07, 6.45) is 0.240. The number of halogens is 1. The lowest BCUT2D eigenvalue weighted by Crippen LogP contribution is -2.53. The number of carbonyl (C=O) groups is 2. The Hall–Kier alpha value is -4.14. The molecule has 0 radical (unpaired) electrons. The third-order valence-electron chi connectivity index (χ3n) is 6.41. The highest BCUT2D eigenvalue weighted by Crippen LogP contribution is 2.25. The van der Waals surface area contributed by atoms with Gasteiger partial charge in [-0.25, -0.2) is 8.42 Å². The number of anilines is 1. The summed E-state index contributed by atoms with van der Waals surface area (Å²) in [5.41, 5.74) is 1.90. The first-order chi connectivity index (χ1) is 19.3. The second kappa shape index (κ2) is 13.3. The molecule has 0 aliphatic heterocycles. The molecule has 4 aromatic carbocycles. The third-order valence-corrected chi connectivity index (χ3v) is 8.44. The minimum Gasteiger partial charge on any atom is -0.357 e. The predicted octanol–water partition coefficient (Wildman–Crippen LogP) is 4.92. The minimum atomic E-state index is -4.11. The zero-order chi connectivity index (χ0) is 28.5. The Balaban J connectivity index is 1.76. The maximum absolute atomic E-state index is 14.2. The van der Waals surface area contributed by atoms with Crippen molar-refractivity contribution in [1.82, 2.24) is 10.2 Å². The molecule has 7 nitrogen and oxygen atoms in total. The Morgan fingerprint density at radius 3 is 1.98 bits per heavy atom. The SMILES string of the molecule is CNC(=O)[C@@H](Cc1ccccc1)N(Cc1cccc(Cl)c1)C(=O)CN(c1ccccc1)S(=O)(=O)c1ccccc1. The number of benzene rings is 4. The van der Waals surface area contributed by atoms with Crippen molar-refractivity contribution in [3.05, 3.63) is 131 Å². The summed E-state index contributed by atoms with van der Waals surface area (Å²) < 4.78 is 28.7. The lowest BCUT2D eigenvalue weighted by atomic mass is 10.0. The van der Waals surface area contributed by atoms with Crippen LogP contribution in [0.15, 0.2) is 120 Å². The second-order valence-electron chi connectivity index (χ2n) is 9.13. The number of nitrogens with zero attached hydrogens (tertiary/aromatic N) is 2. The molecule has 1 N–H and O–H groups in total. The molecule has 0 aliphatic carbocycles. The zero-order valence-corrected chi connectivity index (χ0v) is 23.6. The van der Waals surface area contributed by atoms with Crippen molar-refractivity contribution in [3.63, 3.8) is 0 Å². The fourth-order valence-corrected chi connectivity index (χ4v) is 6.04. The van der Waals surface area contributed by atoms with Gasteiger partial charge in [-0.3, -0.25) is 13.9 Å². The Labute approximate surface area is 240 Å². The van der Waals surface area contributed by atoms with Crippen molar-refractivity contribution in [3.8, 4) is 0 Å². The summed E-state index contributed by atoms with van der Waals surface area (Å²) >= 11 is 6.23. The van der Waals surface area contributed by atoms with Crippen LogP contribution in [-0.2, 0) is 32.6 Å². The van der Waals surface area contributed by atoms with Gasteiger partial charge < -0.3 is 10.2 Å². The number of nitrogens with one attached hydrogen (secondary N) is 1. The second-order valence-corrected chi connectivity index (χ2v) is 11.4. The van der Waals surface area contributed by atoms with E-state index >= 15 is 0 Å². The highest BCUT2D eigenvalue weighted by Gasteiger charge is 2.34. The van der Waals surface area contributed by atoms with Crippen molar-refractivity contribution >= 4 is 39.1 Å². The van der Waals surface area contributed by atoms with Gasteiger partial charge >= 0.3 is 0 Å². The molecule has 0 aliphatic rings. The molecule has 0 saturated carbocycles. The van der Waals surface area contributed by atoms with Gasteiger partial charge in [-0.1, -0.05) is 90.5 Å². The van der Waals surface area contributed by atoms with Crippen molar-refractivity contribution in [1.29, 1.82) is 0 Å². The number of likely N-dealkylation sites (N-methyl/N-ethyl adjacent to an activating group) is 1. The van der Waals surface area contributed by atoms with Crippen molar-refractivity contribution in [2.45, 2.75) is 23.9 Å². The number of hydrogen-bond acceptors (Lipinski definition) is 4. The van der Waals surface area contributed by atoms with E-state index in [0.29, 0.717) is 16.3 Å². The van der Waals surface area contributed by atoms with Crippen molar-refractivity contribution in [2.24, 2.45) is 0 Å². The monoisotopic (exact) mass is 575 g/mol. The molecule has 0 unspecified atom stereocenters. The van der Waals surface area contributed by atoms with Gasteiger partial charge in [0.25, 0.3) is 10.0 Å². The van der Waals surface area contributed by atoms with Gasteiger partial charge in [-0.2, -0.15) is 0 Å². The van der Waals surface area contributed by atoms with Crippen LogP contribution in [0.3, 0.4) is 0 Å². The van der Waals surface area contributed by atoms with Crippen molar-refractivity contribution < 1.29 is 18.0 Å². The van der Waals surface area contributed by atoms with Gasteiger partial charge in [0.2, 0.25) is 11.8 Å². The summed E-state index contributed by atoms with van der Waals surface area (Å²) in [6.45, 7) is -0.456. The first-order valence-electron chi connectivity index (χ1n) is 12.7. The number of para-hydroxylation sites is 1. The Bertz CT molecular complexity index is 1530. The molecule has 0 fully saturated rings. The molecule has 4 rings (SSSR count). The van der Waals surface area contributed by atoms with E-state index in [1.165, 1.54) is 24.1 Å². The zero-order valence-electron chi connectivity index (χ0n) is 22.0. The van der Waals surface area contributed by atoms with Crippen molar-refractivity contribution in [2.75, 3.05) is 17.9 Å². The lowest BCUT2D eigenvalue weighted by Gasteiger charge is -2.33. The van der Waals surface area contributed by atoms with Crippen LogP contribution >= 0.6 is 11.6 Å². The van der Waals surface area contributed by atoms with Gasteiger partial charge in [-0.05, 0) is 47.5 Å². The molecule has 40 heavy (non-hydrogen) atoms. The Morgan fingerprint density at radius 2 is 1.38 bits per heavy atom. The highest BCUT2D eigenvalue weighted by atomic mass is 35.5. The Morgan fingerprint density at radius 1 is 0.800 bits per heavy atom. The van der Waals surface area contributed by atoms with E-state index in [1.54, 1.807) is 66.7 Å². The summed E-state index contributed by atoms with van der Waals surface area (Å²) in [6, 6.07) is 31.9. The number of rotatable bonds is 11. The molecule has 0 bridgehead atoms. The molecule has 0 aromatic heterocycles. The topological polar surface area (TPSA) is 86.8 Å². The Kier molecular flexibility index (Phi) is 9.58. The maximum atomic E-state index is 14.2. The molecule has 0 saturated heterocycles. The van der Waals surface area contributed by atoms with Crippen LogP contribution in [0.4, 0.5) is 5.69 Å². The van der Waals surface area contributed by atoms with Crippen LogP contribution in [0, 0.1) is 0 Å². The average molecular weight is 576 g/mol. The molecule has 4 aromatic rings. The molecule has 206 valence electrons. The third kappa shape index (κ3) is 7.08. The number of amides is 2. The molecule has 0 spiro atoms. The summed E-state index contributed by atoms with van der Waals surface area (Å²) in [5, 5.41) is 3.16. The predicted molar refractivity (Wildman–Crippen MR) is 157 cm³/mol. The number of hydrogen-bond donors (Lipinski definition) is 1. The van der Waals surface area contributed by atoms with E-state index in [4.69, 9.17) is 11.6 Å². The van der Waals surface area contributed by atoms with Crippen LogP contribution in [0.1, 0.15) is 11.1 Å². The van der Waals surface area contributed by atoms with E-state index in [2.05, 4.69) is 5.32 Å². The van der Waals surface area contributed by atoms with E-state index in [9.17, 15) is 18.0 Å². The van der Waals surface area contributed by atoms with E-state index in [1.807, 2.05) is 36.4 Å². The normalized spacial score (nSPS) is 11.8. The van der Waals surface area contributed by atoms with Crippen LogP contribution in [-0.4, -0.2) is 44.8 Å². The maximum Gasteiger partial charge on any atom is 0.264 e. The van der Waals surface area contributed by atoms with Crippen LogP contribution in [0.5, 0.6) is 0 Å². The smallest absolute Gasteiger partial charge is 0.264 e. The molecule has 2 amide bonds. The fraction of sp³-hybridized carbons (Fsp3) is 0.161. The summed E-state index contributed by atoms with van der Waals surface area (Å²) in [4.78, 5) is 28.9. The van der Waals surface area contributed by atoms with Gasteiger partial charge in [-0.15, -0.1) is 0 Å². The average Bonchev–Trinajstić information content (AvgIpc) is 2.98. The van der Waals surface area contributed by atoms with Gasteiger partial charge in [0.15, 0.2) is 0 Å². The van der Waals surface area contributed by atoms with E-state index in [-0.39, 0.29) is 23.8 Å². The quantitative estimate of drug-likeness (QED) is 0.275. The van der Waals surface area contributed by atoms with E-state index < -0.39 is 28.5 Å². The molecule has 9 heteroatoms. The molecular formula is C31H30ClN3O4S. The molecule has 1 atom stereocenters. The minimum absolute atomic E-state index is 0.0539. The molecule has 0 heterocycles. The van der Waals surface area contributed by atoms with Gasteiger partial charge in [0.05, 0.1) is 10.6 Å². The number of carbonyl (C=O) groups excluding carboxylic acids is 2. The van der Waals surface area contributed by atoms with Crippen LogP contribution in [0.25, 0.3) is 0 Å². The largest absolute Gasteiger partial charge is 0.357 e. The van der Waals surface area contributed by atoms with E-state index in [0.717, 1.165) is 9.87 Å². The highest BCUT2D eigenvalue weighted by molar-refractivity contribution is 7.92. The standard InChI is InChI=1S/C31H30ClN3O4S/c1-33-31(37)29(21-24-12-5-2-6-13-24)34(22-25-14-11-15-26(32)20-25)30(36)23-35(27-16-7-3-8-17-27)40(38,39)28-18-9-4-10-19-28/h2-20,29H,21-23H2,1H3,(H,33,37)/t29-/m1/s1. The summed E-state index contributed by atoms with van der Waals surface area (Å²) in [7, 11) is -2.60. The first kappa shape index (κ1) is 28.9. The van der Waals surface area contributed by atoms with Crippen LogP contribution in [0.2, 0.25) is 5.02 Å². The van der Waals surface area contributed by atoms with Gasteiger partial charge in [0, 0.05) is 25.0 Å².